The maximum atomic E-state index is 11.8. The van der Waals surface area contributed by atoms with Crippen LogP contribution in [0.25, 0.3) is 0 Å². The predicted molar refractivity (Wildman–Crippen MR) is 58.7 cm³/mol. The molecule has 1 aromatic rings. The maximum absolute atomic E-state index is 11.8. The minimum absolute atomic E-state index is 0.0281. The quantitative estimate of drug-likeness (QED) is 0.629. The van der Waals surface area contributed by atoms with Gasteiger partial charge in [0.05, 0.1) is 0 Å². The topological polar surface area (TPSA) is 80.9 Å². The lowest BCUT2D eigenvalue weighted by molar-refractivity contribution is -0.173. The molecule has 10 heteroatoms. The largest absolute Gasteiger partial charge is 0.471 e. The molecular formula is C7H9F3N4OS2. The van der Waals surface area contributed by atoms with Gasteiger partial charge in [0.15, 0.2) is 4.34 Å². The molecule has 1 heterocycles. The number of carbonyl (C=O) groups excluding carboxylic acids is 1. The van der Waals surface area contributed by atoms with Crippen molar-refractivity contribution in [1.29, 1.82) is 0 Å². The number of amides is 1. The zero-order valence-corrected chi connectivity index (χ0v) is 10.1. The zero-order valence-electron chi connectivity index (χ0n) is 8.45. The van der Waals surface area contributed by atoms with E-state index in [1.807, 2.05) is 0 Å². The van der Waals surface area contributed by atoms with Crippen LogP contribution in [-0.2, 0) is 4.79 Å². The molecule has 0 aliphatic carbocycles. The van der Waals surface area contributed by atoms with E-state index in [2.05, 4.69) is 10.2 Å². The molecule has 0 fully saturated rings. The molecule has 1 rings (SSSR count). The number of alkyl halides is 3. The van der Waals surface area contributed by atoms with Crippen LogP contribution < -0.4 is 11.1 Å². The van der Waals surface area contributed by atoms with Crippen LogP contribution in [0.2, 0.25) is 0 Å². The first-order valence-electron chi connectivity index (χ1n) is 4.46. The molecule has 17 heavy (non-hydrogen) atoms. The summed E-state index contributed by atoms with van der Waals surface area (Å²) in [5.74, 6) is -1.38. The SMILES string of the molecule is Nc1nnc(SCCCNC(=O)C(F)(F)F)s1. The Balaban J connectivity index is 2.11. The molecule has 0 aromatic carbocycles. The summed E-state index contributed by atoms with van der Waals surface area (Å²) in [5.41, 5.74) is 5.35. The van der Waals surface area contributed by atoms with Crippen molar-refractivity contribution in [2.75, 3.05) is 18.0 Å². The van der Waals surface area contributed by atoms with Crippen molar-refractivity contribution in [3.05, 3.63) is 0 Å². The summed E-state index contributed by atoms with van der Waals surface area (Å²) in [5, 5.41) is 9.43. The standard InChI is InChI=1S/C7H9F3N4OS2/c8-7(9,10)4(15)12-2-1-3-16-6-14-13-5(11)17-6/h1-3H2,(H2,11,13)(H,12,15). The third kappa shape index (κ3) is 5.22. The van der Waals surface area contributed by atoms with Crippen molar-refractivity contribution in [3.63, 3.8) is 0 Å². The van der Waals surface area contributed by atoms with E-state index in [0.29, 0.717) is 21.6 Å². The average Bonchev–Trinajstić information content (AvgIpc) is 2.62. The summed E-state index contributed by atoms with van der Waals surface area (Å²) in [7, 11) is 0. The molecule has 0 spiro atoms. The van der Waals surface area contributed by atoms with Gasteiger partial charge in [-0.3, -0.25) is 4.79 Å². The van der Waals surface area contributed by atoms with E-state index < -0.39 is 12.1 Å². The number of nitrogens with one attached hydrogen (secondary N) is 1. The van der Waals surface area contributed by atoms with Gasteiger partial charge in [0.2, 0.25) is 5.13 Å². The van der Waals surface area contributed by atoms with E-state index in [-0.39, 0.29) is 6.54 Å². The third-order valence-electron chi connectivity index (χ3n) is 1.51. The molecule has 0 saturated carbocycles. The van der Waals surface area contributed by atoms with Gasteiger partial charge < -0.3 is 11.1 Å². The highest BCUT2D eigenvalue weighted by atomic mass is 32.2. The number of nitrogens with zero attached hydrogens (tertiary/aromatic N) is 2. The summed E-state index contributed by atoms with van der Waals surface area (Å²) < 4.78 is 36.0. The van der Waals surface area contributed by atoms with Crippen LogP contribution in [0.1, 0.15) is 6.42 Å². The van der Waals surface area contributed by atoms with Crippen LogP contribution in [0.3, 0.4) is 0 Å². The van der Waals surface area contributed by atoms with Crippen LogP contribution in [0, 0.1) is 0 Å². The molecule has 1 aromatic heterocycles. The van der Waals surface area contributed by atoms with Crippen LogP contribution in [0.4, 0.5) is 18.3 Å². The first kappa shape index (κ1) is 14.0. The molecular weight excluding hydrogens is 277 g/mol. The number of aromatic nitrogens is 2. The minimum atomic E-state index is -4.82. The molecule has 0 atom stereocenters. The Morgan fingerprint density at radius 1 is 1.47 bits per heavy atom. The summed E-state index contributed by atoms with van der Waals surface area (Å²) >= 11 is 2.54. The number of anilines is 1. The van der Waals surface area contributed by atoms with Gasteiger partial charge in [-0.05, 0) is 6.42 Å². The van der Waals surface area contributed by atoms with Crippen LogP contribution in [-0.4, -0.2) is 34.6 Å². The van der Waals surface area contributed by atoms with Gasteiger partial charge in [-0.2, -0.15) is 13.2 Å². The number of carbonyl (C=O) groups is 1. The summed E-state index contributed by atoms with van der Waals surface area (Å²) in [4.78, 5) is 10.4. The predicted octanol–water partition coefficient (Wildman–Crippen LogP) is 1.28. The van der Waals surface area contributed by atoms with E-state index >= 15 is 0 Å². The minimum Gasteiger partial charge on any atom is -0.374 e. The first-order valence-corrected chi connectivity index (χ1v) is 6.26. The Hall–Kier alpha value is -1.03. The molecule has 0 radical (unpaired) electrons. The van der Waals surface area contributed by atoms with Crippen LogP contribution in [0.15, 0.2) is 4.34 Å². The fraction of sp³-hybridized carbons (Fsp3) is 0.571. The Bertz CT molecular complexity index is 381. The van der Waals surface area contributed by atoms with Gasteiger partial charge in [-0.15, -0.1) is 10.2 Å². The number of thioether (sulfide) groups is 1. The number of nitrogen functional groups attached to an aromatic ring is 1. The highest BCUT2D eigenvalue weighted by Gasteiger charge is 2.38. The van der Waals surface area contributed by atoms with E-state index in [0.717, 1.165) is 0 Å². The van der Waals surface area contributed by atoms with Crippen molar-refractivity contribution >= 4 is 34.1 Å². The molecule has 0 aliphatic heterocycles. The number of nitrogens with two attached hydrogens (primary N) is 1. The summed E-state index contributed by atoms with van der Waals surface area (Å²) in [6.07, 6.45) is -4.41. The molecule has 0 unspecified atom stereocenters. The maximum Gasteiger partial charge on any atom is 0.471 e. The lowest BCUT2D eigenvalue weighted by Gasteiger charge is -2.06. The Morgan fingerprint density at radius 2 is 2.18 bits per heavy atom. The van der Waals surface area contributed by atoms with Gasteiger partial charge in [-0.25, -0.2) is 0 Å². The number of hydrogen-bond acceptors (Lipinski definition) is 6. The van der Waals surface area contributed by atoms with Crippen molar-refractivity contribution in [3.8, 4) is 0 Å². The highest BCUT2D eigenvalue weighted by molar-refractivity contribution is 8.01. The number of rotatable bonds is 5. The van der Waals surface area contributed by atoms with Crippen molar-refractivity contribution in [2.24, 2.45) is 0 Å². The second kappa shape index (κ2) is 6.05. The molecule has 1 amide bonds. The Morgan fingerprint density at radius 3 is 2.71 bits per heavy atom. The lowest BCUT2D eigenvalue weighted by Crippen LogP contribution is -2.37. The van der Waals surface area contributed by atoms with Gasteiger partial charge in [0, 0.05) is 12.3 Å². The van der Waals surface area contributed by atoms with Crippen LogP contribution in [0.5, 0.6) is 0 Å². The summed E-state index contributed by atoms with van der Waals surface area (Å²) in [6, 6.07) is 0. The van der Waals surface area contributed by atoms with Crippen molar-refractivity contribution in [1.82, 2.24) is 15.5 Å². The van der Waals surface area contributed by atoms with Gasteiger partial charge >= 0.3 is 12.1 Å². The molecule has 0 bridgehead atoms. The monoisotopic (exact) mass is 286 g/mol. The Labute approximate surface area is 103 Å². The zero-order chi connectivity index (χ0) is 12.9. The average molecular weight is 286 g/mol. The normalized spacial score (nSPS) is 11.5. The van der Waals surface area contributed by atoms with Gasteiger partial charge in [0.25, 0.3) is 0 Å². The van der Waals surface area contributed by atoms with E-state index in [1.54, 1.807) is 5.32 Å². The second-order valence-electron chi connectivity index (χ2n) is 2.86. The molecule has 96 valence electrons. The van der Waals surface area contributed by atoms with Crippen molar-refractivity contribution in [2.45, 2.75) is 16.9 Å². The van der Waals surface area contributed by atoms with E-state index in [1.165, 1.54) is 23.1 Å². The fourth-order valence-corrected chi connectivity index (χ4v) is 2.46. The first-order chi connectivity index (χ1) is 7.89. The Kier molecular flexibility index (Phi) is 5.00. The van der Waals surface area contributed by atoms with E-state index in [9.17, 15) is 18.0 Å². The third-order valence-corrected chi connectivity index (χ3v) is 3.48. The summed E-state index contributed by atoms with van der Waals surface area (Å²) in [6.45, 7) is -0.0281. The highest BCUT2D eigenvalue weighted by Crippen LogP contribution is 2.23. The van der Waals surface area contributed by atoms with Gasteiger partial charge in [0.1, 0.15) is 0 Å². The molecule has 5 nitrogen and oxygen atoms in total. The van der Waals surface area contributed by atoms with Crippen LogP contribution >= 0.6 is 23.1 Å². The molecule has 0 saturated heterocycles. The van der Waals surface area contributed by atoms with Crippen molar-refractivity contribution < 1.29 is 18.0 Å². The second-order valence-corrected chi connectivity index (χ2v) is 5.21. The number of halogens is 3. The molecule has 3 N–H and O–H groups in total. The molecule has 0 aliphatic rings. The van der Waals surface area contributed by atoms with E-state index in [4.69, 9.17) is 5.73 Å². The number of hydrogen-bond donors (Lipinski definition) is 2. The smallest absolute Gasteiger partial charge is 0.374 e. The fourth-order valence-electron chi connectivity index (χ4n) is 0.813. The lowest BCUT2D eigenvalue weighted by atomic mass is 10.4. The van der Waals surface area contributed by atoms with Gasteiger partial charge in [-0.1, -0.05) is 23.1 Å².